The summed E-state index contributed by atoms with van der Waals surface area (Å²) >= 11 is 5.86. The molecule has 0 atom stereocenters. The van der Waals surface area contributed by atoms with Crippen LogP contribution in [0.3, 0.4) is 0 Å². The molecule has 0 aliphatic rings. The molecule has 0 amide bonds. The van der Waals surface area contributed by atoms with E-state index in [1.807, 2.05) is 6.92 Å². The zero-order valence-electron chi connectivity index (χ0n) is 7.62. The van der Waals surface area contributed by atoms with Crippen LogP contribution < -0.4 is 0 Å². The number of fused-ring (bicyclic) bond motifs is 1. The number of benzene rings is 1. The Morgan fingerprint density at radius 2 is 2.00 bits per heavy atom. The first-order valence-corrected chi connectivity index (χ1v) is 6.71. The van der Waals surface area contributed by atoms with Crippen LogP contribution in [0.4, 0.5) is 0 Å². The van der Waals surface area contributed by atoms with Gasteiger partial charge < -0.3 is 4.42 Å². The van der Waals surface area contributed by atoms with Crippen LogP contribution in [0.25, 0.3) is 11.0 Å². The molecule has 0 unspecified atom stereocenters. The smallest absolute Gasteiger partial charge is 0.296 e. The maximum absolute atomic E-state index is 11.1. The Labute approximate surface area is 96.0 Å². The molecule has 0 aliphatic carbocycles. The molecule has 80 valence electrons. The second-order valence-corrected chi connectivity index (χ2v) is 5.98. The van der Waals surface area contributed by atoms with E-state index >= 15 is 0 Å². The number of rotatable bonds is 1. The Balaban J connectivity index is 2.87. The summed E-state index contributed by atoms with van der Waals surface area (Å²) in [6, 6.07) is 5.20. The van der Waals surface area contributed by atoms with Crippen molar-refractivity contribution in [3.8, 4) is 0 Å². The molecule has 15 heavy (non-hydrogen) atoms. The average molecular weight is 265 g/mol. The van der Waals surface area contributed by atoms with Gasteiger partial charge in [0, 0.05) is 16.1 Å². The SMILES string of the molecule is Cc1ccc2oc(S(=O)(=O)Cl)c(Cl)c2c1. The summed E-state index contributed by atoms with van der Waals surface area (Å²) in [6.45, 7) is 1.87. The van der Waals surface area contributed by atoms with Gasteiger partial charge in [0.1, 0.15) is 10.6 Å². The van der Waals surface area contributed by atoms with E-state index in [2.05, 4.69) is 0 Å². The first-order chi connectivity index (χ1) is 6.89. The van der Waals surface area contributed by atoms with Crippen molar-refractivity contribution in [2.45, 2.75) is 12.0 Å². The molecule has 2 aromatic rings. The van der Waals surface area contributed by atoms with E-state index in [0.29, 0.717) is 11.0 Å². The predicted octanol–water partition coefficient (Wildman–Crippen LogP) is 3.32. The fourth-order valence-corrected chi connectivity index (χ4v) is 2.76. The van der Waals surface area contributed by atoms with Gasteiger partial charge in [-0.1, -0.05) is 23.2 Å². The van der Waals surface area contributed by atoms with Crippen molar-refractivity contribution in [1.29, 1.82) is 0 Å². The summed E-state index contributed by atoms with van der Waals surface area (Å²) in [5, 5.41) is 0.186. The van der Waals surface area contributed by atoms with Gasteiger partial charge in [0.2, 0.25) is 0 Å². The van der Waals surface area contributed by atoms with E-state index in [4.69, 9.17) is 26.7 Å². The minimum absolute atomic E-state index is 0.0312. The van der Waals surface area contributed by atoms with Crippen LogP contribution in [-0.4, -0.2) is 8.42 Å². The molecular weight excluding hydrogens is 259 g/mol. The topological polar surface area (TPSA) is 47.3 Å². The lowest BCUT2D eigenvalue weighted by molar-refractivity contribution is 0.488. The molecule has 0 N–H and O–H groups in total. The van der Waals surface area contributed by atoms with Crippen molar-refractivity contribution in [2.75, 3.05) is 0 Å². The van der Waals surface area contributed by atoms with E-state index in [1.54, 1.807) is 18.2 Å². The molecule has 3 nitrogen and oxygen atoms in total. The molecule has 0 saturated carbocycles. The van der Waals surface area contributed by atoms with Crippen LogP contribution in [0.1, 0.15) is 5.56 Å². The van der Waals surface area contributed by atoms with Crippen LogP contribution in [0.2, 0.25) is 5.02 Å². The Bertz CT molecular complexity index is 628. The van der Waals surface area contributed by atoms with Gasteiger partial charge in [0.25, 0.3) is 14.1 Å². The van der Waals surface area contributed by atoms with Crippen molar-refractivity contribution in [2.24, 2.45) is 0 Å². The minimum Gasteiger partial charge on any atom is -0.442 e. The summed E-state index contributed by atoms with van der Waals surface area (Å²) in [5.41, 5.74) is 1.37. The highest BCUT2D eigenvalue weighted by Gasteiger charge is 2.22. The molecule has 2 rings (SSSR count). The molecule has 1 aromatic heterocycles. The van der Waals surface area contributed by atoms with E-state index in [0.717, 1.165) is 5.56 Å². The fourth-order valence-electron chi connectivity index (χ4n) is 1.32. The molecule has 6 heteroatoms. The normalized spacial score (nSPS) is 12.2. The summed E-state index contributed by atoms with van der Waals surface area (Å²) in [4.78, 5) is 0. The van der Waals surface area contributed by atoms with Crippen LogP contribution >= 0.6 is 22.3 Å². The number of furan rings is 1. The van der Waals surface area contributed by atoms with Gasteiger partial charge in [-0.05, 0) is 19.1 Å². The maximum atomic E-state index is 11.1. The highest BCUT2D eigenvalue weighted by Crippen LogP contribution is 2.35. The number of halogens is 2. The quantitative estimate of drug-likeness (QED) is 0.743. The third-order valence-corrected chi connectivity index (χ3v) is 3.61. The zero-order valence-corrected chi connectivity index (χ0v) is 9.95. The minimum atomic E-state index is -3.93. The van der Waals surface area contributed by atoms with Gasteiger partial charge in [-0.3, -0.25) is 0 Å². The van der Waals surface area contributed by atoms with Gasteiger partial charge in [-0.2, -0.15) is 0 Å². The number of hydrogen-bond acceptors (Lipinski definition) is 3. The molecular formula is C9H6Cl2O3S. The highest BCUT2D eigenvalue weighted by molar-refractivity contribution is 8.13. The van der Waals surface area contributed by atoms with Crippen LogP contribution in [-0.2, 0) is 9.05 Å². The van der Waals surface area contributed by atoms with Crippen molar-refractivity contribution in [1.82, 2.24) is 0 Å². The van der Waals surface area contributed by atoms with Crippen LogP contribution in [0.5, 0.6) is 0 Å². The lowest BCUT2D eigenvalue weighted by atomic mass is 10.2. The van der Waals surface area contributed by atoms with E-state index in [1.165, 1.54) is 0 Å². The van der Waals surface area contributed by atoms with Gasteiger partial charge >= 0.3 is 0 Å². The summed E-state index contributed by atoms with van der Waals surface area (Å²) < 4.78 is 27.3. The Morgan fingerprint density at radius 3 is 2.60 bits per heavy atom. The Kier molecular flexibility index (Phi) is 2.45. The van der Waals surface area contributed by atoms with E-state index < -0.39 is 14.1 Å². The largest absolute Gasteiger partial charge is 0.442 e. The third-order valence-electron chi connectivity index (χ3n) is 1.97. The maximum Gasteiger partial charge on any atom is 0.296 e. The van der Waals surface area contributed by atoms with Crippen molar-refractivity contribution in [3.05, 3.63) is 28.8 Å². The van der Waals surface area contributed by atoms with E-state index in [-0.39, 0.29) is 5.02 Å². The van der Waals surface area contributed by atoms with Gasteiger partial charge in [-0.25, -0.2) is 8.42 Å². The standard InChI is InChI=1S/C9H6Cl2O3S/c1-5-2-3-7-6(4-5)8(10)9(14-7)15(11,12)13/h2-4H,1H3. The summed E-state index contributed by atoms with van der Waals surface area (Å²) in [5.74, 6) is 0. The first-order valence-electron chi connectivity index (χ1n) is 4.03. The second-order valence-electron chi connectivity index (χ2n) is 3.14. The molecule has 0 aliphatic heterocycles. The molecule has 0 saturated heterocycles. The molecule has 0 fully saturated rings. The average Bonchev–Trinajstić information content (AvgIpc) is 2.43. The fraction of sp³-hybridized carbons (Fsp3) is 0.111. The third kappa shape index (κ3) is 1.85. The van der Waals surface area contributed by atoms with Crippen LogP contribution in [0.15, 0.2) is 27.7 Å². The molecule has 1 aromatic carbocycles. The number of aryl methyl sites for hydroxylation is 1. The molecule has 1 heterocycles. The Hall–Kier alpha value is -0.710. The van der Waals surface area contributed by atoms with E-state index in [9.17, 15) is 8.42 Å². The monoisotopic (exact) mass is 264 g/mol. The molecule has 0 radical (unpaired) electrons. The lowest BCUT2D eigenvalue weighted by Gasteiger charge is -1.90. The predicted molar refractivity (Wildman–Crippen MR) is 59.0 cm³/mol. The number of hydrogen-bond donors (Lipinski definition) is 0. The van der Waals surface area contributed by atoms with Gasteiger partial charge in [0.15, 0.2) is 0 Å². The Morgan fingerprint density at radius 1 is 1.33 bits per heavy atom. The van der Waals surface area contributed by atoms with Crippen LogP contribution in [0, 0.1) is 6.92 Å². The second kappa shape index (κ2) is 3.40. The molecule has 0 bridgehead atoms. The van der Waals surface area contributed by atoms with Crippen molar-refractivity contribution < 1.29 is 12.8 Å². The molecule has 0 spiro atoms. The van der Waals surface area contributed by atoms with Crippen molar-refractivity contribution in [3.63, 3.8) is 0 Å². The van der Waals surface area contributed by atoms with Gasteiger partial charge in [0.05, 0.1) is 0 Å². The first kappa shape index (κ1) is 10.8. The van der Waals surface area contributed by atoms with Crippen molar-refractivity contribution >= 4 is 42.3 Å². The highest BCUT2D eigenvalue weighted by atomic mass is 35.7. The zero-order chi connectivity index (χ0) is 11.2. The lowest BCUT2D eigenvalue weighted by Crippen LogP contribution is -1.87. The summed E-state index contributed by atoms with van der Waals surface area (Å²) in [7, 11) is 1.23. The van der Waals surface area contributed by atoms with Gasteiger partial charge in [-0.15, -0.1) is 0 Å². The summed E-state index contributed by atoms with van der Waals surface area (Å²) in [6.07, 6.45) is 0.